The predicted octanol–water partition coefficient (Wildman–Crippen LogP) is 0.671. The summed E-state index contributed by atoms with van der Waals surface area (Å²) in [7, 11) is 0. The third kappa shape index (κ3) is 1.26. The van der Waals surface area contributed by atoms with Crippen LogP contribution in [0.25, 0.3) is 0 Å². The topological polar surface area (TPSA) is 0 Å². The van der Waals surface area contributed by atoms with E-state index in [2.05, 4.69) is 18.8 Å². The van der Waals surface area contributed by atoms with Crippen molar-refractivity contribution >= 4 is 13.8 Å². The van der Waals surface area contributed by atoms with Gasteiger partial charge in [0.15, 0.2) is 0 Å². The molecule has 1 heterocycles. The van der Waals surface area contributed by atoms with Crippen molar-refractivity contribution in [1.29, 1.82) is 0 Å². The Morgan fingerprint density at radius 2 is 1.86 bits per heavy atom. The third-order valence-corrected chi connectivity index (χ3v) is 0.940. The van der Waals surface area contributed by atoms with Gasteiger partial charge in [0.05, 0.1) is 0 Å². The van der Waals surface area contributed by atoms with Crippen LogP contribution in [-0.4, -0.2) is 13.8 Å². The Morgan fingerprint density at radius 1 is 1.29 bits per heavy atom. The summed E-state index contributed by atoms with van der Waals surface area (Å²) < 4.78 is 0. The summed E-state index contributed by atoms with van der Waals surface area (Å²) in [5.41, 5.74) is 1.32. The van der Waals surface area contributed by atoms with E-state index in [-0.39, 0.29) is 0 Å². The third-order valence-electron chi connectivity index (χ3n) is 0.940. The van der Waals surface area contributed by atoms with E-state index in [1.807, 2.05) is 19.7 Å². The van der Waals surface area contributed by atoms with Crippen LogP contribution in [-0.2, 0) is 0 Å². The quantitative estimate of drug-likeness (QED) is 0.437. The zero-order chi connectivity index (χ0) is 5.11. The fraction of sp³-hybridized carbons (Fsp3) is 0.200. The molecule has 0 nitrogen and oxygen atoms in total. The van der Waals surface area contributed by atoms with Crippen LogP contribution in [0.5, 0.6) is 0 Å². The van der Waals surface area contributed by atoms with Crippen molar-refractivity contribution in [2.45, 2.75) is 6.92 Å². The molecule has 1 aromatic heterocycles. The van der Waals surface area contributed by atoms with Crippen LogP contribution < -0.4 is 0 Å². The zero-order valence-electron chi connectivity index (χ0n) is 4.39. The fourth-order valence-corrected chi connectivity index (χ4v) is 0.534. The fourth-order valence-electron chi connectivity index (χ4n) is 0.534. The molecule has 0 saturated heterocycles. The van der Waals surface area contributed by atoms with Gasteiger partial charge in [0.1, 0.15) is 0 Å². The molecule has 0 aromatic carbocycles. The van der Waals surface area contributed by atoms with Crippen LogP contribution in [0.1, 0.15) is 5.56 Å². The van der Waals surface area contributed by atoms with Crippen LogP contribution >= 0.6 is 0 Å². The van der Waals surface area contributed by atoms with Crippen molar-refractivity contribution in [3.05, 3.63) is 23.3 Å². The maximum absolute atomic E-state index is 2.08. The van der Waals surface area contributed by atoms with Gasteiger partial charge in [0.2, 0.25) is 0 Å². The van der Waals surface area contributed by atoms with Gasteiger partial charge >= 0.3 is 44.1 Å². The van der Waals surface area contributed by atoms with Crippen molar-refractivity contribution in [3.8, 4) is 0 Å². The summed E-state index contributed by atoms with van der Waals surface area (Å²) in [6, 6.07) is 0. The first-order valence-electron chi connectivity index (χ1n) is 2.41. The van der Waals surface area contributed by atoms with E-state index in [1.54, 1.807) is 0 Å². The first-order chi connectivity index (χ1) is 3.39. The molecule has 0 unspecified atom stereocenters. The van der Waals surface area contributed by atoms with Crippen LogP contribution in [0.15, 0.2) is 17.8 Å². The molecule has 0 aliphatic heterocycles. The Labute approximate surface area is 45.0 Å². The number of aryl methyl sites for hydroxylation is 1. The van der Waals surface area contributed by atoms with Crippen LogP contribution in [0, 0.1) is 6.92 Å². The normalized spacial score (nSPS) is 7.57. The Balaban J connectivity index is 3.02. The Kier molecular flexibility index (Phi) is 1.40. The molecule has 0 amide bonds. The summed E-state index contributed by atoms with van der Waals surface area (Å²) in [5.74, 6) is 6.19. The molecular weight excluding hydrogens is 81.7 g/mol. The average Bonchev–Trinajstić information content (AvgIpc) is 1.69. The standard InChI is InChI=1S/C5H6B2/c1-5-2-6-4-7-3-5/h2-4H,1H3. The second-order valence-electron chi connectivity index (χ2n) is 1.65. The van der Waals surface area contributed by atoms with Crippen molar-refractivity contribution < 1.29 is 0 Å². The molecule has 32 valence electrons. The van der Waals surface area contributed by atoms with Gasteiger partial charge in [-0.1, -0.05) is 0 Å². The van der Waals surface area contributed by atoms with Crippen LogP contribution in [0.3, 0.4) is 0 Å². The molecule has 0 aliphatic carbocycles. The molecule has 0 radical (unpaired) electrons. The number of hydrogen-bond acceptors (Lipinski definition) is 0. The van der Waals surface area contributed by atoms with E-state index >= 15 is 0 Å². The Hall–Kier alpha value is -0.390. The molecule has 7 heavy (non-hydrogen) atoms. The molecule has 0 aliphatic rings. The average molecular weight is 87.7 g/mol. The van der Waals surface area contributed by atoms with Crippen LogP contribution in [0.4, 0.5) is 0 Å². The SMILES string of the molecule is Cc1cbcbc1. The molecule has 0 atom stereocenters. The van der Waals surface area contributed by atoms with Gasteiger partial charge in [0, 0.05) is 0 Å². The van der Waals surface area contributed by atoms with E-state index < -0.39 is 0 Å². The van der Waals surface area contributed by atoms with Gasteiger partial charge < -0.3 is 0 Å². The molecule has 0 N–H and O–H groups in total. The molecule has 0 fully saturated rings. The van der Waals surface area contributed by atoms with Crippen molar-refractivity contribution in [2.75, 3.05) is 0 Å². The summed E-state index contributed by atoms with van der Waals surface area (Å²) in [4.78, 5) is 0. The summed E-state index contributed by atoms with van der Waals surface area (Å²) in [6.45, 7) is 6.16. The predicted molar refractivity (Wildman–Crippen MR) is 33.9 cm³/mol. The van der Waals surface area contributed by atoms with Gasteiger partial charge in [-0.15, -0.1) is 0 Å². The first-order valence-corrected chi connectivity index (χ1v) is 2.41. The van der Waals surface area contributed by atoms with E-state index in [9.17, 15) is 0 Å². The van der Waals surface area contributed by atoms with Crippen LogP contribution in [0.2, 0.25) is 0 Å². The van der Waals surface area contributed by atoms with Gasteiger partial charge in [-0.2, -0.15) is 0 Å². The number of hydrogen-bond donors (Lipinski definition) is 0. The zero-order valence-corrected chi connectivity index (χ0v) is 4.39. The Morgan fingerprint density at radius 3 is 2.14 bits per heavy atom. The molecule has 0 bridgehead atoms. The van der Waals surface area contributed by atoms with Gasteiger partial charge in [-0.25, -0.2) is 0 Å². The molecule has 1 aromatic rings. The van der Waals surface area contributed by atoms with E-state index in [0.29, 0.717) is 0 Å². The number of rotatable bonds is 0. The van der Waals surface area contributed by atoms with Crippen molar-refractivity contribution in [2.24, 2.45) is 0 Å². The Bertz CT molecular complexity index is 136. The summed E-state index contributed by atoms with van der Waals surface area (Å²) in [5, 5.41) is 0. The van der Waals surface area contributed by atoms with E-state index in [4.69, 9.17) is 0 Å². The second-order valence-corrected chi connectivity index (χ2v) is 1.65. The monoisotopic (exact) mass is 88.1 g/mol. The van der Waals surface area contributed by atoms with Crippen molar-refractivity contribution in [1.82, 2.24) is 0 Å². The summed E-state index contributed by atoms with van der Waals surface area (Å²) in [6.07, 6.45) is 0. The first kappa shape index (κ1) is 4.76. The van der Waals surface area contributed by atoms with Gasteiger partial charge in [-0.3, -0.25) is 0 Å². The van der Waals surface area contributed by atoms with E-state index in [1.165, 1.54) is 5.56 Å². The van der Waals surface area contributed by atoms with Gasteiger partial charge in [-0.05, 0) is 0 Å². The second kappa shape index (κ2) is 2.06. The summed E-state index contributed by atoms with van der Waals surface area (Å²) >= 11 is 0. The minimum atomic E-state index is 1.32. The molecule has 2 heteroatoms. The van der Waals surface area contributed by atoms with Crippen molar-refractivity contribution in [3.63, 3.8) is 0 Å². The minimum absolute atomic E-state index is 1.32. The molecule has 1 rings (SSSR count). The van der Waals surface area contributed by atoms with Gasteiger partial charge in [0.25, 0.3) is 0 Å². The maximum atomic E-state index is 2.08. The van der Waals surface area contributed by atoms with E-state index in [0.717, 1.165) is 0 Å². The molecule has 0 spiro atoms. The molecule has 0 saturated carbocycles. The molecular formula is C5H6B2.